The number of piperidine rings is 1. The quantitative estimate of drug-likeness (QED) is 0.282. The van der Waals surface area contributed by atoms with E-state index in [2.05, 4.69) is 6.07 Å². The third-order valence-corrected chi connectivity index (χ3v) is 8.65. The lowest BCUT2D eigenvalue weighted by Crippen LogP contribution is -2.59. The van der Waals surface area contributed by atoms with Crippen LogP contribution in [0.15, 0.2) is 41.3 Å². The molecule has 2 atom stereocenters. The van der Waals surface area contributed by atoms with Gasteiger partial charge in [-0.05, 0) is 87.8 Å². The third-order valence-electron chi connectivity index (χ3n) is 8.65. The molecule has 1 aliphatic carbocycles. The van der Waals surface area contributed by atoms with Gasteiger partial charge in [0.1, 0.15) is 23.6 Å². The van der Waals surface area contributed by atoms with Gasteiger partial charge in [-0.15, -0.1) is 0 Å². The van der Waals surface area contributed by atoms with Gasteiger partial charge in [-0.1, -0.05) is 6.07 Å². The van der Waals surface area contributed by atoms with E-state index in [1.54, 1.807) is 45.5 Å². The summed E-state index contributed by atoms with van der Waals surface area (Å²) < 4.78 is 29.9. The van der Waals surface area contributed by atoms with Crippen LogP contribution < -0.4 is 10.3 Å². The van der Waals surface area contributed by atoms with E-state index in [-0.39, 0.29) is 24.1 Å². The Balaban J connectivity index is 1.70. The molecule has 2 aromatic rings. The molecule has 0 radical (unpaired) electrons. The van der Waals surface area contributed by atoms with Crippen molar-refractivity contribution in [2.75, 3.05) is 54.2 Å². The number of amides is 2. The molecule has 0 N–H and O–H groups in total. The van der Waals surface area contributed by atoms with E-state index in [1.807, 2.05) is 43.9 Å². The number of likely N-dealkylation sites (tertiary alicyclic amines) is 1. The van der Waals surface area contributed by atoms with Crippen LogP contribution in [0, 0.1) is 5.92 Å². The summed E-state index contributed by atoms with van der Waals surface area (Å²) in [5.41, 5.74) is 0.705. The van der Waals surface area contributed by atoms with Crippen LogP contribution in [-0.4, -0.2) is 92.2 Å². The highest BCUT2D eigenvalue weighted by molar-refractivity contribution is 5.82. The van der Waals surface area contributed by atoms with Crippen LogP contribution in [0.2, 0.25) is 0 Å². The number of benzene rings is 1. The topological polar surface area (TPSA) is 109 Å². The minimum absolute atomic E-state index is 0.0672. The zero-order valence-electron chi connectivity index (χ0n) is 28.5. The Bertz CT molecular complexity index is 1370. The average molecular weight is 642 g/mol. The molecule has 1 aliphatic heterocycles. The maximum atomic E-state index is 14.8. The largest absolute Gasteiger partial charge is 0.491 e. The molecule has 2 fully saturated rings. The zero-order valence-corrected chi connectivity index (χ0v) is 28.5. The Labute approximate surface area is 272 Å². The predicted octanol–water partition coefficient (Wildman–Crippen LogP) is 4.28. The molecule has 11 nitrogen and oxygen atoms in total. The third kappa shape index (κ3) is 8.89. The van der Waals surface area contributed by atoms with Crippen molar-refractivity contribution in [2.45, 2.75) is 76.7 Å². The van der Waals surface area contributed by atoms with Crippen molar-refractivity contribution >= 4 is 12.0 Å². The second-order valence-electron chi connectivity index (χ2n) is 13.3. The summed E-state index contributed by atoms with van der Waals surface area (Å²) in [5.74, 6) is -0.163. The standard InChI is InChI=1S/C35H51N3O8/c1-34(2,3)46-33(41)37-15-13-35(44-7,27-12-14-36(4)31(39)22-27)30(24-37)32(40)38(28-10-11-28)23-26-19-25(9-8-16-42-5)20-29(21-26)45-18-17-43-6/h12,14,19-22,28,30H,8-11,13,15-18,23-24H2,1-7H3/t30-,35+/m1/s1. The summed E-state index contributed by atoms with van der Waals surface area (Å²) >= 11 is 0. The number of aromatic nitrogens is 1. The van der Waals surface area contributed by atoms with E-state index in [9.17, 15) is 14.4 Å². The highest BCUT2D eigenvalue weighted by Gasteiger charge is 2.52. The molecule has 2 aliphatic rings. The first-order valence-corrected chi connectivity index (χ1v) is 16.1. The molecule has 0 unspecified atom stereocenters. The van der Waals surface area contributed by atoms with Crippen LogP contribution in [0.4, 0.5) is 4.79 Å². The van der Waals surface area contributed by atoms with Gasteiger partial charge in [0, 0.05) is 72.9 Å². The summed E-state index contributed by atoms with van der Waals surface area (Å²) in [6.07, 6.45) is 5.01. The van der Waals surface area contributed by atoms with Gasteiger partial charge in [-0.3, -0.25) is 9.59 Å². The first-order valence-electron chi connectivity index (χ1n) is 16.1. The fourth-order valence-electron chi connectivity index (χ4n) is 6.10. The van der Waals surface area contributed by atoms with Crippen molar-refractivity contribution in [3.8, 4) is 5.75 Å². The van der Waals surface area contributed by atoms with Crippen LogP contribution in [0.25, 0.3) is 0 Å². The normalized spacial score (nSPS) is 20.0. The number of hydrogen-bond acceptors (Lipinski definition) is 8. The van der Waals surface area contributed by atoms with Gasteiger partial charge < -0.3 is 38.1 Å². The minimum atomic E-state index is -1.10. The second-order valence-corrected chi connectivity index (χ2v) is 13.3. The molecule has 0 bridgehead atoms. The van der Waals surface area contributed by atoms with Crippen LogP contribution in [-0.2, 0) is 49.4 Å². The van der Waals surface area contributed by atoms with Gasteiger partial charge >= 0.3 is 6.09 Å². The lowest BCUT2D eigenvalue weighted by atomic mass is 9.75. The number of ether oxygens (including phenoxy) is 5. The Morgan fingerprint density at radius 3 is 2.35 bits per heavy atom. The first-order chi connectivity index (χ1) is 21.9. The highest BCUT2D eigenvalue weighted by atomic mass is 16.6. The lowest BCUT2D eigenvalue weighted by Gasteiger charge is -2.47. The number of aryl methyl sites for hydroxylation is 2. The summed E-state index contributed by atoms with van der Waals surface area (Å²) in [7, 11) is 6.59. The molecule has 1 saturated heterocycles. The smallest absolute Gasteiger partial charge is 0.410 e. The van der Waals surface area contributed by atoms with E-state index in [0.29, 0.717) is 44.9 Å². The van der Waals surface area contributed by atoms with Crippen molar-refractivity contribution in [1.29, 1.82) is 0 Å². The molecule has 1 aromatic carbocycles. The zero-order chi connectivity index (χ0) is 33.5. The Morgan fingerprint density at radius 1 is 1.00 bits per heavy atom. The molecule has 0 spiro atoms. The average Bonchev–Trinajstić information content (AvgIpc) is 3.85. The maximum Gasteiger partial charge on any atom is 0.410 e. The van der Waals surface area contributed by atoms with Crippen molar-refractivity contribution in [2.24, 2.45) is 13.0 Å². The maximum absolute atomic E-state index is 14.8. The molecule has 2 heterocycles. The van der Waals surface area contributed by atoms with Gasteiger partial charge in [0.25, 0.3) is 5.56 Å². The van der Waals surface area contributed by atoms with Crippen LogP contribution in [0.1, 0.15) is 63.1 Å². The Kier molecular flexibility index (Phi) is 11.9. The monoisotopic (exact) mass is 641 g/mol. The number of methoxy groups -OCH3 is 3. The number of pyridine rings is 1. The van der Waals surface area contributed by atoms with E-state index in [1.165, 1.54) is 4.57 Å². The second kappa shape index (κ2) is 15.5. The van der Waals surface area contributed by atoms with Gasteiger partial charge in [0.2, 0.25) is 5.91 Å². The summed E-state index contributed by atoms with van der Waals surface area (Å²) in [5, 5.41) is 0. The number of carbonyl (C=O) groups excluding carboxylic acids is 2. The molecular formula is C35H51N3O8. The molecule has 46 heavy (non-hydrogen) atoms. The van der Waals surface area contributed by atoms with Crippen molar-refractivity contribution in [3.63, 3.8) is 0 Å². The van der Waals surface area contributed by atoms with Gasteiger partial charge in [0.15, 0.2) is 0 Å². The van der Waals surface area contributed by atoms with E-state index in [0.717, 1.165) is 42.6 Å². The van der Waals surface area contributed by atoms with E-state index < -0.39 is 23.2 Å². The first kappa shape index (κ1) is 35.4. The predicted molar refractivity (Wildman–Crippen MR) is 174 cm³/mol. The number of hydrogen-bond donors (Lipinski definition) is 0. The molecule has 1 aromatic heterocycles. The number of carbonyl (C=O) groups is 2. The SMILES string of the molecule is COCCCc1cc(CN(C(=O)[C@H]2CN(C(=O)OC(C)(C)C)CC[C@]2(OC)c2ccn(C)c(=O)c2)C2CC2)cc(OCCOC)c1. The lowest BCUT2D eigenvalue weighted by molar-refractivity contribution is -0.160. The van der Waals surface area contributed by atoms with E-state index >= 15 is 0 Å². The van der Waals surface area contributed by atoms with Crippen molar-refractivity contribution in [3.05, 3.63) is 63.6 Å². The molecule has 11 heteroatoms. The van der Waals surface area contributed by atoms with Crippen LogP contribution in [0.3, 0.4) is 0 Å². The molecular weight excluding hydrogens is 590 g/mol. The molecule has 2 amide bonds. The molecule has 1 saturated carbocycles. The fraction of sp³-hybridized carbons (Fsp3) is 0.629. The van der Waals surface area contributed by atoms with Crippen molar-refractivity contribution < 1.29 is 33.3 Å². The molecule has 4 rings (SSSR count). The Hall–Kier alpha value is -3.41. The van der Waals surface area contributed by atoms with Gasteiger partial charge in [-0.25, -0.2) is 4.79 Å². The van der Waals surface area contributed by atoms with Crippen molar-refractivity contribution in [1.82, 2.24) is 14.4 Å². The Morgan fingerprint density at radius 2 is 1.72 bits per heavy atom. The van der Waals surface area contributed by atoms with E-state index in [4.69, 9.17) is 23.7 Å². The molecule has 254 valence electrons. The van der Waals surface area contributed by atoms with Gasteiger partial charge in [-0.2, -0.15) is 0 Å². The van der Waals surface area contributed by atoms with Crippen LogP contribution in [0.5, 0.6) is 5.75 Å². The number of nitrogens with zero attached hydrogens (tertiary/aromatic N) is 3. The summed E-state index contributed by atoms with van der Waals surface area (Å²) in [4.78, 5) is 44.4. The summed E-state index contributed by atoms with van der Waals surface area (Å²) in [6.45, 7) is 7.78. The van der Waals surface area contributed by atoms with Crippen LogP contribution >= 0.6 is 0 Å². The summed E-state index contributed by atoms with van der Waals surface area (Å²) in [6, 6.07) is 9.59. The number of rotatable bonds is 14. The highest BCUT2D eigenvalue weighted by Crippen LogP contribution is 2.43. The fourth-order valence-corrected chi connectivity index (χ4v) is 6.10. The minimum Gasteiger partial charge on any atom is -0.491 e. The van der Waals surface area contributed by atoms with Gasteiger partial charge in [0.05, 0.1) is 12.5 Å².